The number of H-pyrrole nitrogens is 1. The number of nitrogens with one attached hydrogen (secondary N) is 1. The van der Waals surface area contributed by atoms with Crippen molar-refractivity contribution in [1.82, 2.24) is 14.9 Å². The summed E-state index contributed by atoms with van der Waals surface area (Å²) in [6.07, 6.45) is 5.39. The molecule has 0 bridgehead atoms. The number of ether oxygens (including phenoxy) is 1. The van der Waals surface area contributed by atoms with E-state index in [0.29, 0.717) is 11.4 Å². The van der Waals surface area contributed by atoms with Gasteiger partial charge in [-0.15, -0.1) is 0 Å². The van der Waals surface area contributed by atoms with Gasteiger partial charge in [-0.1, -0.05) is 25.5 Å². The summed E-state index contributed by atoms with van der Waals surface area (Å²) in [5.74, 6) is 0.828. The number of aromatic amines is 1. The summed E-state index contributed by atoms with van der Waals surface area (Å²) >= 11 is 5.02. The van der Waals surface area contributed by atoms with Crippen LogP contribution in [0.5, 0.6) is 5.75 Å². The first-order chi connectivity index (χ1) is 9.31. The second-order valence-corrected chi connectivity index (χ2v) is 4.38. The van der Waals surface area contributed by atoms with Crippen LogP contribution in [0.25, 0.3) is 0 Å². The highest BCUT2D eigenvalue weighted by Gasteiger charge is 2.00. The molecule has 0 spiro atoms. The zero-order valence-corrected chi connectivity index (χ0v) is 11.6. The van der Waals surface area contributed by atoms with Crippen LogP contribution in [0.4, 0.5) is 0 Å². The van der Waals surface area contributed by atoms with E-state index in [1.807, 2.05) is 24.3 Å². The molecule has 6 heteroatoms. The Balaban J connectivity index is 2.13. The summed E-state index contributed by atoms with van der Waals surface area (Å²) in [5, 5.41) is 10.7. The average Bonchev–Trinajstić information content (AvgIpc) is 2.83. The van der Waals surface area contributed by atoms with Gasteiger partial charge in [0, 0.05) is 5.56 Å². The number of hydrogen-bond acceptors (Lipinski definition) is 4. The molecule has 0 aliphatic heterocycles. The van der Waals surface area contributed by atoms with Crippen LogP contribution in [0.15, 0.2) is 35.7 Å². The Morgan fingerprint density at radius 2 is 2.32 bits per heavy atom. The van der Waals surface area contributed by atoms with E-state index < -0.39 is 0 Å². The monoisotopic (exact) mass is 276 g/mol. The number of para-hydroxylation sites is 1. The van der Waals surface area contributed by atoms with Crippen molar-refractivity contribution in [2.75, 3.05) is 6.61 Å². The molecule has 0 aliphatic rings. The Kier molecular flexibility index (Phi) is 4.85. The highest BCUT2D eigenvalue weighted by molar-refractivity contribution is 7.71. The molecule has 0 amide bonds. The first-order valence-electron chi connectivity index (χ1n) is 6.19. The summed E-state index contributed by atoms with van der Waals surface area (Å²) in [6, 6.07) is 7.78. The highest BCUT2D eigenvalue weighted by Crippen LogP contribution is 2.16. The van der Waals surface area contributed by atoms with Crippen LogP contribution >= 0.6 is 12.2 Å². The fourth-order valence-electron chi connectivity index (χ4n) is 1.49. The van der Waals surface area contributed by atoms with Crippen LogP contribution < -0.4 is 4.74 Å². The molecule has 0 radical (unpaired) electrons. The van der Waals surface area contributed by atoms with Crippen LogP contribution in [0.1, 0.15) is 25.3 Å². The molecule has 0 aliphatic carbocycles. The quantitative estimate of drug-likeness (QED) is 0.501. The number of hydrogen-bond donors (Lipinski definition) is 1. The minimum absolute atomic E-state index is 0.459. The van der Waals surface area contributed by atoms with Crippen molar-refractivity contribution in [1.29, 1.82) is 0 Å². The Morgan fingerprint density at radius 3 is 3.05 bits per heavy atom. The van der Waals surface area contributed by atoms with Crippen LogP contribution in [-0.4, -0.2) is 27.7 Å². The van der Waals surface area contributed by atoms with Crippen LogP contribution in [0.3, 0.4) is 0 Å². The van der Waals surface area contributed by atoms with Gasteiger partial charge >= 0.3 is 0 Å². The average molecular weight is 276 g/mol. The summed E-state index contributed by atoms with van der Waals surface area (Å²) in [7, 11) is 0. The smallest absolute Gasteiger partial charge is 0.216 e. The minimum Gasteiger partial charge on any atom is -0.493 e. The lowest BCUT2D eigenvalue weighted by atomic mass is 10.2. The first kappa shape index (κ1) is 13.5. The standard InChI is InChI=1S/C13H16N4OS/c1-2-3-8-18-12-7-5-4-6-11(12)9-15-17-10-14-16-13(17)19/h4-7,9-10H,2-3,8H2,1H3,(H,16,19)/b15-9-. The van der Waals surface area contributed by atoms with Crippen molar-refractivity contribution in [3.63, 3.8) is 0 Å². The maximum Gasteiger partial charge on any atom is 0.216 e. The van der Waals surface area contributed by atoms with Gasteiger partial charge in [-0.3, -0.25) is 5.10 Å². The molecule has 1 aromatic heterocycles. The molecular formula is C13H16N4OS. The molecule has 0 saturated carbocycles. The maximum absolute atomic E-state index is 5.73. The van der Waals surface area contributed by atoms with Crippen molar-refractivity contribution in [2.45, 2.75) is 19.8 Å². The third-order valence-electron chi connectivity index (χ3n) is 2.53. The minimum atomic E-state index is 0.459. The van der Waals surface area contributed by atoms with Crippen LogP contribution in [0.2, 0.25) is 0 Å². The largest absolute Gasteiger partial charge is 0.493 e. The van der Waals surface area contributed by atoms with Gasteiger partial charge in [0.2, 0.25) is 4.77 Å². The number of benzene rings is 1. The Morgan fingerprint density at radius 1 is 1.47 bits per heavy atom. The molecule has 0 atom stereocenters. The SMILES string of the molecule is CCCCOc1ccccc1/C=N\n1cn[nH]c1=S. The Bertz CT molecular complexity index is 602. The van der Waals surface area contributed by atoms with Crippen molar-refractivity contribution >= 4 is 18.4 Å². The summed E-state index contributed by atoms with van der Waals surface area (Å²) in [6.45, 7) is 2.85. The molecule has 1 heterocycles. The topological polar surface area (TPSA) is 55.2 Å². The fourth-order valence-corrected chi connectivity index (χ4v) is 1.64. The lowest BCUT2D eigenvalue weighted by Gasteiger charge is -2.07. The van der Waals surface area contributed by atoms with Gasteiger partial charge in [0.1, 0.15) is 12.1 Å². The molecule has 1 N–H and O–H groups in total. The van der Waals surface area contributed by atoms with Crippen LogP contribution in [0, 0.1) is 4.77 Å². The van der Waals surface area contributed by atoms with Crippen molar-refractivity contribution < 1.29 is 4.74 Å². The first-order valence-corrected chi connectivity index (χ1v) is 6.60. The van der Waals surface area contributed by atoms with Crippen LogP contribution in [-0.2, 0) is 0 Å². The number of nitrogens with zero attached hydrogens (tertiary/aromatic N) is 3. The molecule has 0 unspecified atom stereocenters. The zero-order valence-electron chi connectivity index (χ0n) is 10.7. The molecule has 0 fully saturated rings. The number of rotatable bonds is 6. The predicted octanol–water partition coefficient (Wildman–Crippen LogP) is 3.00. The lowest BCUT2D eigenvalue weighted by molar-refractivity contribution is 0.309. The molecule has 100 valence electrons. The number of aromatic nitrogens is 3. The van der Waals surface area contributed by atoms with Gasteiger partial charge in [-0.05, 0) is 30.8 Å². The van der Waals surface area contributed by atoms with E-state index in [1.54, 1.807) is 6.21 Å². The van der Waals surface area contributed by atoms with Gasteiger partial charge in [0.25, 0.3) is 0 Å². The van der Waals surface area contributed by atoms with Crippen molar-refractivity contribution in [3.05, 3.63) is 40.9 Å². The molecule has 1 aromatic carbocycles. The van der Waals surface area contributed by atoms with Crippen molar-refractivity contribution in [2.24, 2.45) is 5.10 Å². The van der Waals surface area contributed by atoms with Gasteiger partial charge in [-0.2, -0.15) is 14.9 Å². The van der Waals surface area contributed by atoms with E-state index in [1.165, 1.54) is 11.0 Å². The van der Waals surface area contributed by atoms with Gasteiger partial charge < -0.3 is 4.74 Å². The molecule has 19 heavy (non-hydrogen) atoms. The van der Waals surface area contributed by atoms with E-state index in [0.717, 1.165) is 24.2 Å². The third kappa shape index (κ3) is 3.75. The summed E-state index contributed by atoms with van der Waals surface area (Å²) in [5.41, 5.74) is 0.918. The van der Waals surface area contributed by atoms with E-state index in [2.05, 4.69) is 22.2 Å². The van der Waals surface area contributed by atoms with E-state index >= 15 is 0 Å². The summed E-state index contributed by atoms with van der Waals surface area (Å²) < 4.78 is 7.68. The zero-order chi connectivity index (χ0) is 13.5. The molecule has 5 nitrogen and oxygen atoms in total. The molecule has 2 rings (SSSR count). The van der Waals surface area contributed by atoms with Gasteiger partial charge in [-0.25, -0.2) is 0 Å². The second kappa shape index (κ2) is 6.84. The number of unbranched alkanes of at least 4 members (excludes halogenated alkanes) is 1. The fraction of sp³-hybridized carbons (Fsp3) is 0.308. The lowest BCUT2D eigenvalue weighted by Crippen LogP contribution is -2.00. The maximum atomic E-state index is 5.73. The molecule has 2 aromatic rings. The normalized spacial score (nSPS) is 11.0. The van der Waals surface area contributed by atoms with E-state index in [-0.39, 0.29) is 0 Å². The van der Waals surface area contributed by atoms with Gasteiger partial charge in [0.05, 0.1) is 12.8 Å². The summed E-state index contributed by atoms with van der Waals surface area (Å²) in [4.78, 5) is 0. The van der Waals surface area contributed by atoms with Crippen molar-refractivity contribution in [3.8, 4) is 5.75 Å². The predicted molar refractivity (Wildman–Crippen MR) is 77.2 cm³/mol. The third-order valence-corrected chi connectivity index (χ3v) is 2.81. The second-order valence-electron chi connectivity index (χ2n) is 3.99. The Hall–Kier alpha value is -1.95. The van der Waals surface area contributed by atoms with Gasteiger partial charge in [0.15, 0.2) is 0 Å². The Labute approximate surface area is 116 Å². The van der Waals surface area contributed by atoms with E-state index in [9.17, 15) is 0 Å². The molecular weight excluding hydrogens is 260 g/mol. The highest BCUT2D eigenvalue weighted by atomic mass is 32.1. The molecule has 0 saturated heterocycles. The van der Waals surface area contributed by atoms with E-state index in [4.69, 9.17) is 17.0 Å².